The van der Waals surface area contributed by atoms with Gasteiger partial charge < -0.3 is 15.4 Å². The minimum Gasteiger partial charge on any atom is -0.487 e. The zero-order valence-corrected chi connectivity index (χ0v) is 11.4. The maximum atomic E-state index is 5.84. The van der Waals surface area contributed by atoms with Gasteiger partial charge in [0.05, 0.1) is 6.61 Å². The Bertz CT molecular complexity index is 367. The molecule has 96 valence electrons. The van der Waals surface area contributed by atoms with E-state index in [4.69, 9.17) is 10.5 Å². The van der Waals surface area contributed by atoms with Crippen LogP contribution in [0.1, 0.15) is 33.1 Å². The molecule has 2 rings (SSSR count). The molecule has 0 saturated carbocycles. The van der Waals surface area contributed by atoms with Crippen LogP contribution in [0.2, 0.25) is 0 Å². The third kappa shape index (κ3) is 2.65. The first-order chi connectivity index (χ1) is 8.26. The molecule has 0 bridgehead atoms. The molecular weight excluding hydrogens is 234 g/mol. The van der Waals surface area contributed by atoms with Crippen molar-refractivity contribution < 1.29 is 4.74 Å². The lowest BCUT2D eigenvalue weighted by Gasteiger charge is -2.17. The molecule has 0 radical (unpaired) electrons. The van der Waals surface area contributed by atoms with Gasteiger partial charge in [-0.05, 0) is 37.2 Å². The van der Waals surface area contributed by atoms with Crippen LogP contribution >= 0.6 is 11.5 Å². The number of aromatic nitrogens is 1. The van der Waals surface area contributed by atoms with E-state index in [0.717, 1.165) is 29.8 Å². The molecule has 0 aliphatic carbocycles. The summed E-state index contributed by atoms with van der Waals surface area (Å²) >= 11 is 1.46. The first kappa shape index (κ1) is 12.5. The Morgan fingerprint density at radius 3 is 3.06 bits per heavy atom. The van der Waals surface area contributed by atoms with E-state index in [1.165, 1.54) is 30.8 Å². The van der Waals surface area contributed by atoms with E-state index in [1.54, 1.807) is 0 Å². The molecule has 4 nitrogen and oxygen atoms in total. The van der Waals surface area contributed by atoms with Crippen molar-refractivity contribution in [3.8, 4) is 5.75 Å². The SMILES string of the molecule is CCCC1CCN(c2snc(N)c2OCC)C1. The quantitative estimate of drug-likeness (QED) is 0.879. The van der Waals surface area contributed by atoms with Gasteiger partial charge in [-0.15, -0.1) is 0 Å². The van der Waals surface area contributed by atoms with Crippen LogP contribution in [0.5, 0.6) is 5.75 Å². The average molecular weight is 255 g/mol. The van der Waals surface area contributed by atoms with Crippen molar-refractivity contribution in [1.29, 1.82) is 0 Å². The van der Waals surface area contributed by atoms with Gasteiger partial charge in [0.25, 0.3) is 0 Å². The molecule has 1 aromatic heterocycles. The lowest BCUT2D eigenvalue weighted by molar-refractivity contribution is 0.343. The number of hydrogen-bond donors (Lipinski definition) is 1. The Morgan fingerprint density at radius 1 is 1.53 bits per heavy atom. The molecule has 2 N–H and O–H groups in total. The number of rotatable bonds is 5. The summed E-state index contributed by atoms with van der Waals surface area (Å²) in [6.07, 6.45) is 3.85. The van der Waals surface area contributed by atoms with Crippen molar-refractivity contribution >= 4 is 22.4 Å². The van der Waals surface area contributed by atoms with Crippen molar-refractivity contribution in [1.82, 2.24) is 4.37 Å². The highest BCUT2D eigenvalue weighted by atomic mass is 32.1. The number of ether oxygens (including phenoxy) is 1. The summed E-state index contributed by atoms with van der Waals surface area (Å²) in [6, 6.07) is 0. The molecule has 1 unspecified atom stereocenters. The van der Waals surface area contributed by atoms with Gasteiger partial charge in [0.1, 0.15) is 0 Å². The van der Waals surface area contributed by atoms with Crippen molar-refractivity contribution in [2.24, 2.45) is 5.92 Å². The van der Waals surface area contributed by atoms with Crippen LogP contribution < -0.4 is 15.4 Å². The normalized spacial score (nSPS) is 19.9. The van der Waals surface area contributed by atoms with E-state index in [2.05, 4.69) is 16.2 Å². The zero-order chi connectivity index (χ0) is 12.3. The monoisotopic (exact) mass is 255 g/mol. The van der Waals surface area contributed by atoms with Gasteiger partial charge in [-0.2, -0.15) is 4.37 Å². The first-order valence-electron chi connectivity index (χ1n) is 6.39. The van der Waals surface area contributed by atoms with Crippen molar-refractivity contribution in [3.63, 3.8) is 0 Å². The number of anilines is 2. The van der Waals surface area contributed by atoms with E-state index in [9.17, 15) is 0 Å². The predicted molar refractivity (Wildman–Crippen MR) is 72.9 cm³/mol. The Kier molecular flexibility index (Phi) is 4.10. The third-order valence-electron chi connectivity index (χ3n) is 3.22. The van der Waals surface area contributed by atoms with E-state index in [-0.39, 0.29) is 0 Å². The molecule has 0 aromatic carbocycles. The summed E-state index contributed by atoms with van der Waals surface area (Å²) in [5.74, 6) is 2.14. The number of nitrogens with zero attached hydrogens (tertiary/aromatic N) is 2. The molecule has 1 aliphatic heterocycles. The van der Waals surface area contributed by atoms with Gasteiger partial charge in [0.15, 0.2) is 16.6 Å². The summed E-state index contributed by atoms with van der Waals surface area (Å²) in [6.45, 7) is 7.09. The minimum atomic E-state index is 0.533. The first-order valence-corrected chi connectivity index (χ1v) is 7.16. The Morgan fingerprint density at radius 2 is 2.35 bits per heavy atom. The van der Waals surface area contributed by atoms with Crippen LogP contribution in [0.4, 0.5) is 10.8 Å². The standard InChI is InChI=1S/C12H21N3OS/c1-3-5-9-6-7-15(8-9)12-10(16-4-2)11(13)14-17-12/h9H,3-8H2,1-2H3,(H2,13,14). The molecule has 17 heavy (non-hydrogen) atoms. The topological polar surface area (TPSA) is 51.4 Å². The van der Waals surface area contributed by atoms with E-state index in [0.29, 0.717) is 12.4 Å². The second-order valence-electron chi connectivity index (χ2n) is 4.52. The largest absolute Gasteiger partial charge is 0.487 e. The fourth-order valence-corrected chi connectivity index (χ4v) is 3.22. The van der Waals surface area contributed by atoms with Gasteiger partial charge in [0, 0.05) is 13.1 Å². The summed E-state index contributed by atoms with van der Waals surface area (Å²) in [5, 5.41) is 1.11. The Hall–Kier alpha value is -0.970. The Labute approximate surface area is 107 Å². The fraction of sp³-hybridized carbons (Fsp3) is 0.750. The van der Waals surface area contributed by atoms with Gasteiger partial charge >= 0.3 is 0 Å². The molecule has 1 aliphatic rings. The molecule has 0 amide bonds. The van der Waals surface area contributed by atoms with Crippen LogP contribution in [0.25, 0.3) is 0 Å². The number of hydrogen-bond acceptors (Lipinski definition) is 5. The van der Waals surface area contributed by atoms with Crippen LogP contribution in [-0.2, 0) is 0 Å². The van der Waals surface area contributed by atoms with E-state index >= 15 is 0 Å². The van der Waals surface area contributed by atoms with Gasteiger partial charge in [-0.1, -0.05) is 13.3 Å². The number of nitrogens with two attached hydrogens (primary N) is 1. The molecular formula is C12H21N3OS. The van der Waals surface area contributed by atoms with Gasteiger partial charge in [-0.25, -0.2) is 0 Å². The van der Waals surface area contributed by atoms with Gasteiger partial charge in [-0.3, -0.25) is 0 Å². The highest BCUT2D eigenvalue weighted by molar-refractivity contribution is 7.11. The molecule has 1 fully saturated rings. The minimum absolute atomic E-state index is 0.533. The summed E-state index contributed by atoms with van der Waals surface area (Å²) < 4.78 is 9.80. The molecule has 2 heterocycles. The zero-order valence-electron chi connectivity index (χ0n) is 10.6. The van der Waals surface area contributed by atoms with Crippen molar-refractivity contribution in [2.75, 3.05) is 30.3 Å². The molecule has 1 atom stereocenters. The number of nitrogen functional groups attached to an aromatic ring is 1. The third-order valence-corrected chi connectivity index (χ3v) is 4.12. The van der Waals surface area contributed by atoms with E-state index < -0.39 is 0 Å². The lowest BCUT2D eigenvalue weighted by Crippen LogP contribution is -2.19. The molecule has 5 heteroatoms. The summed E-state index contributed by atoms with van der Waals surface area (Å²) in [4.78, 5) is 2.37. The second-order valence-corrected chi connectivity index (χ2v) is 5.28. The van der Waals surface area contributed by atoms with E-state index in [1.807, 2.05) is 6.92 Å². The molecule has 1 saturated heterocycles. The van der Waals surface area contributed by atoms with Crippen LogP contribution in [-0.4, -0.2) is 24.1 Å². The van der Waals surface area contributed by atoms with Crippen LogP contribution in [0.3, 0.4) is 0 Å². The highest BCUT2D eigenvalue weighted by Gasteiger charge is 2.26. The highest BCUT2D eigenvalue weighted by Crippen LogP contribution is 2.40. The summed E-state index contributed by atoms with van der Waals surface area (Å²) in [7, 11) is 0. The van der Waals surface area contributed by atoms with Gasteiger partial charge in [0.2, 0.25) is 0 Å². The van der Waals surface area contributed by atoms with Crippen LogP contribution in [0, 0.1) is 5.92 Å². The van der Waals surface area contributed by atoms with Crippen molar-refractivity contribution in [2.45, 2.75) is 33.1 Å². The fourth-order valence-electron chi connectivity index (χ4n) is 2.43. The lowest BCUT2D eigenvalue weighted by atomic mass is 10.0. The van der Waals surface area contributed by atoms with Crippen molar-refractivity contribution in [3.05, 3.63) is 0 Å². The maximum Gasteiger partial charge on any atom is 0.197 e. The average Bonchev–Trinajstić information content (AvgIpc) is 2.89. The summed E-state index contributed by atoms with van der Waals surface area (Å²) in [5.41, 5.74) is 5.84. The second kappa shape index (κ2) is 5.58. The molecule has 1 aromatic rings. The Balaban J connectivity index is 2.07. The predicted octanol–water partition coefficient (Wildman–Crippen LogP) is 2.75. The maximum absolute atomic E-state index is 5.84. The smallest absolute Gasteiger partial charge is 0.197 e. The molecule has 0 spiro atoms. The van der Waals surface area contributed by atoms with Crippen LogP contribution in [0.15, 0.2) is 0 Å².